The van der Waals surface area contributed by atoms with Crippen LogP contribution in [0.15, 0.2) is 18.2 Å². The fourth-order valence-electron chi connectivity index (χ4n) is 2.76. The minimum Gasteiger partial charge on any atom is -0.385 e. The van der Waals surface area contributed by atoms with Crippen LogP contribution in [0.25, 0.3) is 0 Å². The predicted octanol–water partition coefficient (Wildman–Crippen LogP) is 3.60. The van der Waals surface area contributed by atoms with Gasteiger partial charge < -0.3 is 15.4 Å². The third-order valence-electron chi connectivity index (χ3n) is 3.90. The standard InChI is InChI=1S/C15H20F2N2OS/c1-20-9-8-15(6-2-3-7-15)19-14(21)18-11-4-5-12(16)13(17)10-11/h4-5,10H,2-3,6-9H2,1H3,(H2,18,19,21). The number of anilines is 1. The normalized spacial score (nSPS) is 16.7. The number of nitrogens with one attached hydrogen (secondary N) is 2. The quantitative estimate of drug-likeness (QED) is 0.814. The van der Waals surface area contributed by atoms with Crippen molar-refractivity contribution in [1.82, 2.24) is 5.32 Å². The highest BCUT2D eigenvalue weighted by Crippen LogP contribution is 2.32. The lowest BCUT2D eigenvalue weighted by atomic mass is 9.94. The minimum absolute atomic E-state index is 0.0569. The van der Waals surface area contributed by atoms with Crippen molar-refractivity contribution in [1.29, 1.82) is 0 Å². The van der Waals surface area contributed by atoms with Crippen LogP contribution >= 0.6 is 12.2 Å². The number of hydrogen-bond acceptors (Lipinski definition) is 2. The van der Waals surface area contributed by atoms with E-state index < -0.39 is 11.6 Å². The molecule has 3 nitrogen and oxygen atoms in total. The molecule has 21 heavy (non-hydrogen) atoms. The average molecular weight is 314 g/mol. The van der Waals surface area contributed by atoms with Crippen molar-refractivity contribution in [2.24, 2.45) is 0 Å². The summed E-state index contributed by atoms with van der Waals surface area (Å²) in [7, 11) is 1.68. The van der Waals surface area contributed by atoms with Gasteiger partial charge in [-0.25, -0.2) is 8.78 Å². The van der Waals surface area contributed by atoms with Crippen molar-refractivity contribution in [3.05, 3.63) is 29.8 Å². The van der Waals surface area contributed by atoms with Crippen LogP contribution in [-0.4, -0.2) is 24.4 Å². The summed E-state index contributed by atoms with van der Waals surface area (Å²) in [5.41, 5.74) is 0.380. The van der Waals surface area contributed by atoms with Crippen LogP contribution in [0.1, 0.15) is 32.1 Å². The zero-order chi connectivity index (χ0) is 15.3. The monoisotopic (exact) mass is 314 g/mol. The Morgan fingerprint density at radius 2 is 2.00 bits per heavy atom. The zero-order valence-electron chi connectivity index (χ0n) is 12.0. The first-order chi connectivity index (χ1) is 10.0. The largest absolute Gasteiger partial charge is 0.385 e. The summed E-state index contributed by atoms with van der Waals surface area (Å²) >= 11 is 5.29. The van der Waals surface area contributed by atoms with Gasteiger partial charge in [0.25, 0.3) is 0 Å². The molecule has 0 heterocycles. The Kier molecular flexibility index (Phi) is 5.47. The van der Waals surface area contributed by atoms with E-state index in [-0.39, 0.29) is 5.54 Å². The second-order valence-electron chi connectivity index (χ2n) is 5.44. The summed E-state index contributed by atoms with van der Waals surface area (Å²) in [5.74, 6) is -1.76. The number of hydrogen-bond donors (Lipinski definition) is 2. The van der Waals surface area contributed by atoms with Crippen molar-refractivity contribution < 1.29 is 13.5 Å². The molecule has 0 unspecified atom stereocenters. The molecule has 2 rings (SSSR count). The number of rotatable bonds is 5. The molecular weight excluding hydrogens is 294 g/mol. The van der Waals surface area contributed by atoms with Gasteiger partial charge in [-0.05, 0) is 43.6 Å². The van der Waals surface area contributed by atoms with Gasteiger partial charge in [0.1, 0.15) is 0 Å². The zero-order valence-corrected chi connectivity index (χ0v) is 12.9. The number of ether oxygens (including phenoxy) is 1. The number of halogens is 2. The van der Waals surface area contributed by atoms with Crippen LogP contribution < -0.4 is 10.6 Å². The van der Waals surface area contributed by atoms with Crippen LogP contribution in [0.2, 0.25) is 0 Å². The molecule has 0 aliphatic heterocycles. The molecule has 2 N–H and O–H groups in total. The first-order valence-corrected chi connectivity index (χ1v) is 7.49. The molecule has 0 atom stereocenters. The Morgan fingerprint density at radius 1 is 1.29 bits per heavy atom. The van der Waals surface area contributed by atoms with E-state index in [9.17, 15) is 8.78 Å². The molecule has 1 aromatic carbocycles. The van der Waals surface area contributed by atoms with Crippen LogP contribution in [0.3, 0.4) is 0 Å². The Hall–Kier alpha value is -1.27. The van der Waals surface area contributed by atoms with Gasteiger partial charge in [0, 0.05) is 31.0 Å². The van der Waals surface area contributed by atoms with E-state index in [1.807, 2.05) is 0 Å². The van der Waals surface area contributed by atoms with Crippen LogP contribution in [0.5, 0.6) is 0 Å². The lowest BCUT2D eigenvalue weighted by molar-refractivity contribution is 0.163. The van der Waals surface area contributed by atoms with E-state index in [4.69, 9.17) is 17.0 Å². The van der Waals surface area contributed by atoms with Crippen LogP contribution in [0.4, 0.5) is 14.5 Å². The van der Waals surface area contributed by atoms with Crippen LogP contribution in [0, 0.1) is 11.6 Å². The molecular formula is C15H20F2N2OS. The number of benzene rings is 1. The fourth-order valence-corrected chi connectivity index (χ4v) is 3.10. The van der Waals surface area contributed by atoms with E-state index in [0.29, 0.717) is 17.4 Å². The van der Waals surface area contributed by atoms with Gasteiger partial charge in [-0.1, -0.05) is 12.8 Å². The molecule has 0 aromatic heterocycles. The molecule has 0 bridgehead atoms. The lowest BCUT2D eigenvalue weighted by Crippen LogP contribution is -2.48. The van der Waals surface area contributed by atoms with Crippen molar-refractivity contribution >= 4 is 23.0 Å². The van der Waals surface area contributed by atoms with Gasteiger partial charge in [-0.15, -0.1) is 0 Å². The SMILES string of the molecule is COCCC1(NC(=S)Nc2ccc(F)c(F)c2)CCCC1. The molecule has 116 valence electrons. The highest BCUT2D eigenvalue weighted by atomic mass is 32.1. The average Bonchev–Trinajstić information content (AvgIpc) is 2.89. The van der Waals surface area contributed by atoms with Crippen molar-refractivity contribution in [2.45, 2.75) is 37.6 Å². The van der Waals surface area contributed by atoms with Crippen molar-refractivity contribution in [3.8, 4) is 0 Å². The molecule has 0 spiro atoms. The molecule has 0 saturated heterocycles. The molecule has 0 radical (unpaired) electrons. The summed E-state index contributed by atoms with van der Waals surface area (Å²) in [6.07, 6.45) is 5.27. The van der Waals surface area contributed by atoms with Gasteiger partial charge in [-0.2, -0.15) is 0 Å². The molecule has 0 amide bonds. The van der Waals surface area contributed by atoms with E-state index in [1.54, 1.807) is 7.11 Å². The summed E-state index contributed by atoms with van der Waals surface area (Å²) < 4.78 is 31.2. The topological polar surface area (TPSA) is 33.3 Å². The lowest BCUT2D eigenvalue weighted by Gasteiger charge is -2.31. The van der Waals surface area contributed by atoms with Gasteiger partial charge in [0.05, 0.1) is 0 Å². The summed E-state index contributed by atoms with van der Waals surface area (Å²) in [6, 6.07) is 3.64. The molecule has 6 heteroatoms. The first kappa shape index (κ1) is 16.1. The Balaban J connectivity index is 1.97. The molecule has 1 aliphatic carbocycles. The fraction of sp³-hybridized carbons (Fsp3) is 0.533. The molecule has 1 saturated carbocycles. The Labute approximate surface area is 129 Å². The number of methoxy groups -OCH3 is 1. The van der Waals surface area contributed by atoms with Gasteiger partial charge in [0.15, 0.2) is 16.7 Å². The number of thiocarbonyl (C=S) groups is 1. The summed E-state index contributed by atoms with van der Waals surface area (Å²) in [6.45, 7) is 0.667. The summed E-state index contributed by atoms with van der Waals surface area (Å²) in [4.78, 5) is 0. The predicted molar refractivity (Wildman–Crippen MR) is 83.4 cm³/mol. The highest BCUT2D eigenvalue weighted by Gasteiger charge is 2.33. The summed E-state index contributed by atoms with van der Waals surface area (Å²) in [5, 5.41) is 6.67. The second kappa shape index (κ2) is 7.13. The van der Waals surface area contributed by atoms with E-state index in [0.717, 1.165) is 44.2 Å². The van der Waals surface area contributed by atoms with Crippen LogP contribution in [-0.2, 0) is 4.74 Å². The first-order valence-electron chi connectivity index (χ1n) is 7.08. The molecule has 1 aromatic rings. The third-order valence-corrected chi connectivity index (χ3v) is 4.11. The van der Waals surface area contributed by atoms with E-state index >= 15 is 0 Å². The van der Waals surface area contributed by atoms with E-state index in [2.05, 4.69) is 10.6 Å². The highest BCUT2D eigenvalue weighted by molar-refractivity contribution is 7.80. The maximum atomic E-state index is 13.2. The molecule has 1 fully saturated rings. The maximum absolute atomic E-state index is 13.2. The smallest absolute Gasteiger partial charge is 0.171 e. The van der Waals surface area contributed by atoms with Crippen molar-refractivity contribution in [3.63, 3.8) is 0 Å². The Morgan fingerprint density at radius 3 is 2.62 bits per heavy atom. The maximum Gasteiger partial charge on any atom is 0.171 e. The second-order valence-corrected chi connectivity index (χ2v) is 5.85. The molecule has 1 aliphatic rings. The van der Waals surface area contributed by atoms with Gasteiger partial charge >= 0.3 is 0 Å². The van der Waals surface area contributed by atoms with Gasteiger partial charge in [0.2, 0.25) is 0 Å². The van der Waals surface area contributed by atoms with E-state index in [1.165, 1.54) is 6.07 Å². The Bertz CT molecular complexity index is 504. The third kappa shape index (κ3) is 4.35. The van der Waals surface area contributed by atoms with Crippen molar-refractivity contribution in [2.75, 3.05) is 19.0 Å². The minimum atomic E-state index is -0.891. The van der Waals surface area contributed by atoms with Gasteiger partial charge in [-0.3, -0.25) is 0 Å².